The molecule has 1 amide bonds. The molecule has 2 aliphatic rings. The molecule has 40 heavy (non-hydrogen) atoms. The van der Waals surface area contributed by atoms with Crippen LogP contribution >= 0.6 is 0 Å². The van der Waals surface area contributed by atoms with Crippen LogP contribution in [0.5, 0.6) is 11.5 Å². The number of anilines is 2. The predicted molar refractivity (Wildman–Crippen MR) is 146 cm³/mol. The second-order valence-corrected chi connectivity index (χ2v) is 10.2. The lowest BCUT2D eigenvalue weighted by Gasteiger charge is -2.30. The molecule has 10 nitrogen and oxygen atoms in total. The molecule has 1 aliphatic carbocycles. The third kappa shape index (κ3) is 4.01. The van der Waals surface area contributed by atoms with E-state index in [1.165, 1.54) is 18.7 Å². The molecule has 11 heteroatoms. The van der Waals surface area contributed by atoms with Gasteiger partial charge in [0.15, 0.2) is 17.3 Å². The Hall–Kier alpha value is -4.93. The number of piperidine rings is 1. The van der Waals surface area contributed by atoms with Gasteiger partial charge in [0.2, 0.25) is 5.91 Å². The number of hydrogen-bond donors (Lipinski definition) is 1. The summed E-state index contributed by atoms with van der Waals surface area (Å²) in [6.07, 6.45) is 7.83. The van der Waals surface area contributed by atoms with Crippen LogP contribution in [-0.2, 0) is 4.79 Å². The average Bonchev–Trinajstić information content (AvgIpc) is 3.72. The molecule has 2 fully saturated rings. The molecule has 4 aromatic heterocycles. The Kier molecular flexibility index (Phi) is 5.65. The van der Waals surface area contributed by atoms with E-state index in [1.54, 1.807) is 41.9 Å². The lowest BCUT2D eigenvalue weighted by Crippen LogP contribution is -2.38. The van der Waals surface area contributed by atoms with E-state index in [9.17, 15) is 4.79 Å². The minimum atomic E-state index is -0.455. The first-order valence-electron chi connectivity index (χ1n) is 13.1. The molecule has 0 unspecified atom stereocenters. The highest BCUT2D eigenvalue weighted by atomic mass is 19.1. The van der Waals surface area contributed by atoms with Crippen LogP contribution < -0.4 is 10.1 Å². The van der Waals surface area contributed by atoms with Crippen LogP contribution in [0.25, 0.3) is 16.7 Å². The lowest BCUT2D eigenvalue weighted by molar-refractivity contribution is -0.127. The molecule has 1 aliphatic heterocycles. The van der Waals surface area contributed by atoms with Gasteiger partial charge in [0.25, 0.3) is 0 Å². The number of rotatable bonds is 6. The number of nitrogens with zero attached hydrogens (tertiary/aromatic N) is 7. The van der Waals surface area contributed by atoms with E-state index in [2.05, 4.69) is 31.9 Å². The summed E-state index contributed by atoms with van der Waals surface area (Å²) < 4.78 is 23.1. The van der Waals surface area contributed by atoms with E-state index in [0.29, 0.717) is 52.0 Å². The number of nitrogens with one attached hydrogen (secondary N) is 1. The molecule has 2 bridgehead atoms. The standard InChI is InChI=1S/C29H25FN8O2/c1-3-26(39)37-13-17-10-18(37)11-20(17)21-4-5-23-28(35-21)29(33-14-31-23)36-22-6-7-24(16(2)27(22)30)40-19-8-9-38-25(12-19)32-15-34-38/h3-9,12,14-15,17-18,20H,1,10-11,13H2,2H3,(H,31,33,36)/t17-,18-,20+/m0/s1. The zero-order chi connectivity index (χ0) is 27.4. The molecule has 0 spiro atoms. The first kappa shape index (κ1) is 24.1. The van der Waals surface area contributed by atoms with Gasteiger partial charge >= 0.3 is 0 Å². The summed E-state index contributed by atoms with van der Waals surface area (Å²) in [6, 6.07) is 10.9. The maximum absolute atomic E-state index is 15.5. The number of halogens is 1. The van der Waals surface area contributed by atoms with Gasteiger partial charge in [-0.1, -0.05) is 6.58 Å². The van der Waals surface area contributed by atoms with Crippen molar-refractivity contribution in [3.63, 3.8) is 0 Å². The minimum Gasteiger partial charge on any atom is -0.457 e. The van der Waals surface area contributed by atoms with Crippen LogP contribution in [0.2, 0.25) is 0 Å². The van der Waals surface area contributed by atoms with Crippen molar-refractivity contribution >= 4 is 34.1 Å². The number of carbonyl (C=O) groups excluding carboxylic acids is 1. The topological polar surface area (TPSA) is 110 Å². The summed E-state index contributed by atoms with van der Waals surface area (Å²) in [5.41, 5.74) is 3.40. The maximum Gasteiger partial charge on any atom is 0.246 e. The van der Waals surface area contributed by atoms with E-state index in [-0.39, 0.29) is 23.6 Å². The zero-order valence-electron chi connectivity index (χ0n) is 21.7. The fraction of sp³-hybridized carbons (Fsp3) is 0.241. The van der Waals surface area contributed by atoms with E-state index < -0.39 is 5.82 Å². The maximum atomic E-state index is 15.5. The van der Waals surface area contributed by atoms with Gasteiger partial charge in [-0.3, -0.25) is 4.79 Å². The van der Waals surface area contributed by atoms with Gasteiger partial charge in [-0.2, -0.15) is 5.10 Å². The number of aromatic nitrogens is 6. The predicted octanol–water partition coefficient (Wildman–Crippen LogP) is 4.94. The van der Waals surface area contributed by atoms with E-state index >= 15 is 4.39 Å². The fourth-order valence-corrected chi connectivity index (χ4v) is 5.95. The zero-order valence-corrected chi connectivity index (χ0v) is 21.7. The van der Waals surface area contributed by atoms with Gasteiger partial charge in [0.1, 0.15) is 29.7 Å². The molecule has 3 atom stereocenters. The average molecular weight is 537 g/mol. The summed E-state index contributed by atoms with van der Waals surface area (Å²) in [7, 11) is 0. The molecule has 7 rings (SSSR count). The van der Waals surface area contributed by atoms with Crippen LogP contribution in [-0.4, -0.2) is 52.9 Å². The number of ether oxygens (including phenoxy) is 1. The van der Waals surface area contributed by atoms with Gasteiger partial charge in [-0.25, -0.2) is 28.8 Å². The van der Waals surface area contributed by atoms with Gasteiger partial charge in [0, 0.05) is 42.0 Å². The van der Waals surface area contributed by atoms with Crippen LogP contribution in [0.1, 0.15) is 30.0 Å². The number of carbonyl (C=O) groups is 1. The third-order valence-corrected chi connectivity index (χ3v) is 7.95. The van der Waals surface area contributed by atoms with Gasteiger partial charge < -0.3 is 15.0 Å². The Morgan fingerprint density at radius 1 is 1.15 bits per heavy atom. The van der Waals surface area contributed by atoms with Crippen molar-refractivity contribution in [1.82, 2.24) is 34.4 Å². The number of amides is 1. The fourth-order valence-electron chi connectivity index (χ4n) is 5.95. The van der Waals surface area contributed by atoms with Crippen LogP contribution in [0.4, 0.5) is 15.9 Å². The highest BCUT2D eigenvalue weighted by molar-refractivity contribution is 5.88. The summed E-state index contributed by atoms with van der Waals surface area (Å²) >= 11 is 0. The normalized spacial score (nSPS) is 19.9. The molecule has 1 saturated carbocycles. The Morgan fingerprint density at radius 2 is 2.05 bits per heavy atom. The number of benzene rings is 1. The largest absolute Gasteiger partial charge is 0.457 e. The molecule has 1 aromatic carbocycles. The van der Waals surface area contributed by atoms with Crippen LogP contribution in [0.3, 0.4) is 0 Å². The minimum absolute atomic E-state index is 0.0116. The van der Waals surface area contributed by atoms with Gasteiger partial charge in [-0.05, 0) is 62.1 Å². The molecule has 200 valence electrons. The van der Waals surface area contributed by atoms with Crippen molar-refractivity contribution in [2.45, 2.75) is 31.7 Å². The smallest absolute Gasteiger partial charge is 0.246 e. The summed E-state index contributed by atoms with van der Waals surface area (Å²) in [5.74, 6) is 1.45. The second kappa shape index (κ2) is 9.37. The SMILES string of the molecule is C=CC(=O)N1C[C@@H]2C[C@H]1C[C@H]2c1ccc2ncnc(Nc3ccc(Oc4ccn5ncnc5c4)c(C)c3F)c2n1. The van der Waals surface area contributed by atoms with Gasteiger partial charge in [-0.15, -0.1) is 0 Å². The molecular weight excluding hydrogens is 511 g/mol. The number of fused-ring (bicyclic) bond motifs is 4. The number of pyridine rings is 2. The first-order chi connectivity index (χ1) is 19.5. The van der Waals surface area contributed by atoms with Crippen molar-refractivity contribution in [2.75, 3.05) is 11.9 Å². The van der Waals surface area contributed by atoms with E-state index in [0.717, 1.165) is 18.5 Å². The first-order valence-corrected chi connectivity index (χ1v) is 13.1. The number of hydrogen-bond acceptors (Lipinski definition) is 8. The highest BCUT2D eigenvalue weighted by Gasteiger charge is 2.46. The second-order valence-electron chi connectivity index (χ2n) is 10.2. The molecule has 1 saturated heterocycles. The van der Waals surface area contributed by atoms with Crippen LogP contribution in [0.15, 0.2) is 67.9 Å². The Morgan fingerprint density at radius 3 is 2.88 bits per heavy atom. The van der Waals surface area contributed by atoms with Crippen molar-refractivity contribution < 1.29 is 13.9 Å². The summed E-state index contributed by atoms with van der Waals surface area (Å²) in [6.45, 7) is 6.00. The van der Waals surface area contributed by atoms with E-state index in [1.807, 2.05) is 17.0 Å². The highest BCUT2D eigenvalue weighted by Crippen LogP contribution is 2.47. The monoisotopic (exact) mass is 536 g/mol. The molecule has 5 aromatic rings. The quantitative estimate of drug-likeness (QED) is 0.304. The molecular formula is C29H25FN8O2. The van der Waals surface area contributed by atoms with Gasteiger partial charge in [0.05, 0.1) is 11.2 Å². The summed E-state index contributed by atoms with van der Waals surface area (Å²) in [5, 5.41) is 7.19. The summed E-state index contributed by atoms with van der Waals surface area (Å²) in [4.78, 5) is 31.9. The third-order valence-electron chi connectivity index (χ3n) is 7.95. The van der Waals surface area contributed by atoms with E-state index in [4.69, 9.17) is 9.72 Å². The molecule has 5 heterocycles. The lowest BCUT2D eigenvalue weighted by atomic mass is 9.90. The Bertz CT molecular complexity index is 1800. The number of likely N-dealkylation sites (tertiary alicyclic amines) is 1. The molecule has 0 radical (unpaired) electrons. The van der Waals surface area contributed by atoms with Crippen molar-refractivity contribution in [3.8, 4) is 11.5 Å². The van der Waals surface area contributed by atoms with Crippen molar-refractivity contribution in [2.24, 2.45) is 5.92 Å². The molecule has 1 N–H and O–H groups in total. The van der Waals surface area contributed by atoms with Crippen molar-refractivity contribution in [3.05, 3.63) is 85.0 Å². The Balaban J connectivity index is 1.15. The Labute approximate surface area is 228 Å². The van der Waals surface area contributed by atoms with Crippen LogP contribution in [0, 0.1) is 18.7 Å². The van der Waals surface area contributed by atoms with Crippen molar-refractivity contribution in [1.29, 1.82) is 0 Å².